The predicted molar refractivity (Wildman–Crippen MR) is 92.2 cm³/mol. The zero-order valence-corrected chi connectivity index (χ0v) is 14.3. The first-order valence-electron chi connectivity index (χ1n) is 7.93. The van der Waals surface area contributed by atoms with Crippen LogP contribution in [0.1, 0.15) is 39.2 Å². The molecular formula is C17H29ClN2O. The van der Waals surface area contributed by atoms with E-state index in [0.29, 0.717) is 12.5 Å². The first kappa shape index (κ1) is 18.3. The Morgan fingerprint density at radius 3 is 2.67 bits per heavy atom. The number of nitrogens with zero attached hydrogens (tertiary/aromatic N) is 1. The molecule has 0 aliphatic rings. The van der Waals surface area contributed by atoms with E-state index in [1.165, 1.54) is 11.3 Å². The Balaban J connectivity index is 2.85. The number of rotatable bonds is 10. The van der Waals surface area contributed by atoms with E-state index < -0.39 is 0 Å². The van der Waals surface area contributed by atoms with Gasteiger partial charge in [0, 0.05) is 30.3 Å². The lowest BCUT2D eigenvalue weighted by Crippen LogP contribution is -2.29. The second-order valence-electron chi connectivity index (χ2n) is 5.86. The molecule has 120 valence electrons. The number of hydrogen-bond donors (Lipinski definition) is 2. The molecule has 2 N–H and O–H groups in total. The van der Waals surface area contributed by atoms with Crippen molar-refractivity contribution in [3.05, 3.63) is 28.8 Å². The Kier molecular flexibility index (Phi) is 8.74. The fourth-order valence-electron chi connectivity index (χ4n) is 2.32. The molecule has 0 spiro atoms. The van der Waals surface area contributed by atoms with Crippen LogP contribution in [0.25, 0.3) is 0 Å². The summed E-state index contributed by atoms with van der Waals surface area (Å²) in [5.41, 5.74) is 2.38. The lowest BCUT2D eigenvalue weighted by Gasteiger charge is -2.27. The maximum atomic E-state index is 9.31. The number of unbranched alkanes of at least 4 members (excludes halogenated alkanes) is 1. The highest BCUT2D eigenvalue weighted by atomic mass is 35.5. The topological polar surface area (TPSA) is 35.5 Å². The molecule has 0 unspecified atom stereocenters. The number of nitrogens with one attached hydrogen (secondary N) is 1. The third-order valence-electron chi connectivity index (χ3n) is 3.40. The maximum Gasteiger partial charge on any atom is 0.0606 e. The molecule has 0 heterocycles. The predicted octanol–water partition coefficient (Wildman–Crippen LogP) is 3.68. The van der Waals surface area contributed by atoms with Crippen molar-refractivity contribution in [1.29, 1.82) is 0 Å². The van der Waals surface area contributed by atoms with Crippen LogP contribution in [0, 0.1) is 5.92 Å². The van der Waals surface area contributed by atoms with Crippen LogP contribution in [-0.2, 0) is 6.54 Å². The van der Waals surface area contributed by atoms with Crippen molar-refractivity contribution in [3.63, 3.8) is 0 Å². The smallest absolute Gasteiger partial charge is 0.0606 e. The van der Waals surface area contributed by atoms with Gasteiger partial charge in [0.2, 0.25) is 0 Å². The first-order valence-corrected chi connectivity index (χ1v) is 8.31. The van der Waals surface area contributed by atoms with Gasteiger partial charge in [-0.15, -0.1) is 0 Å². The molecule has 1 rings (SSSR count). The van der Waals surface area contributed by atoms with Crippen molar-refractivity contribution < 1.29 is 5.11 Å². The fourth-order valence-corrected chi connectivity index (χ4v) is 2.52. The van der Waals surface area contributed by atoms with Gasteiger partial charge in [-0.05, 0) is 42.6 Å². The maximum absolute atomic E-state index is 9.31. The summed E-state index contributed by atoms with van der Waals surface area (Å²) < 4.78 is 0. The molecule has 0 fully saturated rings. The highest BCUT2D eigenvalue weighted by molar-refractivity contribution is 6.30. The second-order valence-corrected chi connectivity index (χ2v) is 6.30. The molecule has 0 saturated heterocycles. The summed E-state index contributed by atoms with van der Waals surface area (Å²) >= 11 is 6.15. The minimum absolute atomic E-state index is 0.172. The Morgan fingerprint density at radius 2 is 2.05 bits per heavy atom. The summed E-state index contributed by atoms with van der Waals surface area (Å²) in [6.07, 6.45) is 2.28. The normalized spacial score (nSPS) is 11.1. The third-order valence-corrected chi connectivity index (χ3v) is 3.64. The molecule has 4 heteroatoms. The minimum Gasteiger partial charge on any atom is -0.395 e. The SMILES string of the molecule is CCCCN(CCO)c1ccc(Cl)cc1CNCC(C)C. The molecular weight excluding hydrogens is 284 g/mol. The van der Waals surface area contributed by atoms with E-state index >= 15 is 0 Å². The van der Waals surface area contributed by atoms with Gasteiger partial charge in [-0.1, -0.05) is 38.8 Å². The van der Waals surface area contributed by atoms with Crippen molar-refractivity contribution in [2.24, 2.45) is 5.92 Å². The molecule has 0 aliphatic heterocycles. The highest BCUT2D eigenvalue weighted by Gasteiger charge is 2.11. The molecule has 0 aromatic heterocycles. The fraction of sp³-hybridized carbons (Fsp3) is 0.647. The largest absolute Gasteiger partial charge is 0.395 e. The number of benzene rings is 1. The molecule has 0 bridgehead atoms. The van der Waals surface area contributed by atoms with Gasteiger partial charge in [0.25, 0.3) is 0 Å². The van der Waals surface area contributed by atoms with Crippen LogP contribution in [0.15, 0.2) is 18.2 Å². The highest BCUT2D eigenvalue weighted by Crippen LogP contribution is 2.25. The average molecular weight is 313 g/mol. The van der Waals surface area contributed by atoms with E-state index in [9.17, 15) is 5.11 Å². The molecule has 0 aliphatic carbocycles. The van der Waals surface area contributed by atoms with Gasteiger partial charge in [0.15, 0.2) is 0 Å². The summed E-state index contributed by atoms with van der Waals surface area (Å²) in [5, 5.41) is 13.5. The average Bonchev–Trinajstić information content (AvgIpc) is 2.43. The van der Waals surface area contributed by atoms with Crippen molar-refractivity contribution in [2.45, 2.75) is 40.2 Å². The Hall–Kier alpha value is -0.770. The van der Waals surface area contributed by atoms with Gasteiger partial charge in [0.1, 0.15) is 0 Å². The van der Waals surface area contributed by atoms with Crippen LogP contribution in [0.4, 0.5) is 5.69 Å². The minimum atomic E-state index is 0.172. The van der Waals surface area contributed by atoms with E-state index in [4.69, 9.17) is 11.6 Å². The van der Waals surface area contributed by atoms with Crippen LogP contribution in [0.2, 0.25) is 5.02 Å². The molecule has 0 radical (unpaired) electrons. The molecule has 1 aromatic carbocycles. The zero-order valence-electron chi connectivity index (χ0n) is 13.5. The van der Waals surface area contributed by atoms with Gasteiger partial charge in [-0.3, -0.25) is 0 Å². The zero-order chi connectivity index (χ0) is 15.7. The van der Waals surface area contributed by atoms with Crippen LogP contribution >= 0.6 is 11.6 Å². The van der Waals surface area contributed by atoms with E-state index in [1.54, 1.807) is 0 Å². The number of halogens is 1. The number of aliphatic hydroxyl groups excluding tert-OH is 1. The van der Waals surface area contributed by atoms with Crippen molar-refractivity contribution >= 4 is 17.3 Å². The van der Waals surface area contributed by atoms with Crippen LogP contribution in [-0.4, -0.2) is 31.3 Å². The Morgan fingerprint density at radius 1 is 1.29 bits per heavy atom. The van der Waals surface area contributed by atoms with Gasteiger partial charge in [0.05, 0.1) is 6.61 Å². The van der Waals surface area contributed by atoms with Crippen molar-refractivity contribution in [2.75, 3.05) is 31.1 Å². The summed E-state index contributed by atoms with van der Waals surface area (Å²) in [4.78, 5) is 2.26. The molecule has 0 amide bonds. The van der Waals surface area contributed by atoms with Crippen LogP contribution < -0.4 is 10.2 Å². The van der Waals surface area contributed by atoms with Crippen LogP contribution in [0.3, 0.4) is 0 Å². The van der Waals surface area contributed by atoms with E-state index in [1.807, 2.05) is 12.1 Å². The number of aliphatic hydroxyl groups is 1. The molecule has 21 heavy (non-hydrogen) atoms. The standard InChI is InChI=1S/C17H29ClN2O/c1-4-5-8-20(9-10-21)17-7-6-16(18)11-15(17)13-19-12-14(2)3/h6-7,11,14,19,21H,4-5,8-10,12-13H2,1-3H3. The van der Waals surface area contributed by atoms with Gasteiger partial charge < -0.3 is 15.3 Å². The van der Waals surface area contributed by atoms with Crippen LogP contribution in [0.5, 0.6) is 0 Å². The third kappa shape index (κ3) is 6.68. The van der Waals surface area contributed by atoms with E-state index in [2.05, 4.69) is 37.1 Å². The first-order chi connectivity index (χ1) is 10.1. The summed E-state index contributed by atoms with van der Waals surface area (Å²) in [6.45, 7) is 10.2. The molecule has 3 nitrogen and oxygen atoms in total. The number of anilines is 1. The van der Waals surface area contributed by atoms with Crippen molar-refractivity contribution in [1.82, 2.24) is 5.32 Å². The van der Waals surface area contributed by atoms with Crippen molar-refractivity contribution in [3.8, 4) is 0 Å². The molecule has 0 atom stereocenters. The lowest BCUT2D eigenvalue weighted by molar-refractivity contribution is 0.301. The van der Waals surface area contributed by atoms with E-state index in [-0.39, 0.29) is 6.61 Å². The van der Waals surface area contributed by atoms with Gasteiger partial charge in [-0.25, -0.2) is 0 Å². The quantitative estimate of drug-likeness (QED) is 0.692. The Labute approximate surface area is 134 Å². The Bertz CT molecular complexity index is 410. The number of hydrogen-bond acceptors (Lipinski definition) is 3. The second kappa shape index (κ2) is 10.0. The summed E-state index contributed by atoms with van der Waals surface area (Å²) in [7, 11) is 0. The van der Waals surface area contributed by atoms with Gasteiger partial charge in [-0.2, -0.15) is 0 Å². The summed E-state index contributed by atoms with van der Waals surface area (Å²) in [6, 6.07) is 6.03. The van der Waals surface area contributed by atoms with E-state index in [0.717, 1.165) is 37.5 Å². The molecule has 0 saturated carbocycles. The monoisotopic (exact) mass is 312 g/mol. The van der Waals surface area contributed by atoms with Gasteiger partial charge >= 0.3 is 0 Å². The lowest BCUT2D eigenvalue weighted by atomic mass is 10.1. The summed E-state index contributed by atoms with van der Waals surface area (Å²) in [5.74, 6) is 0.626. The molecule has 1 aromatic rings.